The van der Waals surface area contributed by atoms with Gasteiger partial charge >= 0.3 is 0 Å². The fourth-order valence-corrected chi connectivity index (χ4v) is 4.77. The second-order valence-electron chi connectivity index (χ2n) is 8.47. The number of thioether (sulfide) groups is 1. The second kappa shape index (κ2) is 12.0. The molecule has 4 rings (SSSR count). The number of ether oxygens (including phenoxy) is 1. The van der Waals surface area contributed by atoms with Crippen LogP contribution < -0.4 is 11.5 Å². The van der Waals surface area contributed by atoms with Crippen molar-refractivity contribution in [1.29, 1.82) is 5.41 Å². The number of amidine groups is 1. The Morgan fingerprint density at radius 3 is 2.91 bits per heavy atom. The van der Waals surface area contributed by atoms with E-state index in [-0.39, 0.29) is 11.1 Å². The van der Waals surface area contributed by atoms with E-state index >= 15 is 0 Å². The molecule has 0 aromatic carbocycles. The van der Waals surface area contributed by atoms with Crippen LogP contribution in [0.4, 0.5) is 5.82 Å². The molecule has 2 aliphatic rings. The maximum Gasteiger partial charge on any atom is 0.166 e. The quantitative estimate of drug-likeness (QED) is 0.299. The maximum atomic E-state index is 8.19. The van der Waals surface area contributed by atoms with Crippen molar-refractivity contribution < 1.29 is 4.74 Å². The molecule has 1 unspecified atom stereocenters. The zero-order chi connectivity index (χ0) is 23.8. The Bertz CT molecular complexity index is 1090. The number of fused-ring (bicyclic) bond motifs is 1. The Kier molecular flexibility index (Phi) is 8.62. The number of allylic oxidation sites excluding steroid dienone is 1. The maximum absolute atomic E-state index is 8.19. The summed E-state index contributed by atoms with van der Waals surface area (Å²) in [5.74, 6) is 0.569. The lowest BCUT2D eigenvalue weighted by Gasteiger charge is -2.12. The summed E-state index contributed by atoms with van der Waals surface area (Å²) >= 11 is 1.16. The monoisotopic (exact) mass is 480 g/mol. The van der Waals surface area contributed by atoms with Gasteiger partial charge in [0.05, 0.1) is 22.7 Å². The highest BCUT2D eigenvalue weighted by Crippen LogP contribution is 2.23. The molecule has 2 fully saturated rings. The molecule has 2 aromatic rings. The van der Waals surface area contributed by atoms with Crippen molar-refractivity contribution in [2.24, 2.45) is 27.4 Å². The van der Waals surface area contributed by atoms with Gasteiger partial charge in [-0.25, -0.2) is 9.98 Å². The molecule has 0 spiro atoms. The van der Waals surface area contributed by atoms with Crippen LogP contribution in [0.2, 0.25) is 0 Å². The molecule has 9 nitrogen and oxygen atoms in total. The number of hydrogen-bond acceptors (Lipinski definition) is 9. The topological polar surface area (TPSA) is 139 Å². The van der Waals surface area contributed by atoms with E-state index in [9.17, 15) is 0 Å². The summed E-state index contributed by atoms with van der Waals surface area (Å²) in [6.07, 6.45) is 9.63. The smallest absolute Gasteiger partial charge is 0.166 e. The van der Waals surface area contributed by atoms with Crippen LogP contribution >= 0.6 is 11.8 Å². The van der Waals surface area contributed by atoms with Gasteiger partial charge in [0.1, 0.15) is 0 Å². The van der Waals surface area contributed by atoms with Crippen molar-refractivity contribution in [3.05, 3.63) is 36.2 Å². The lowest BCUT2D eigenvalue weighted by Crippen LogP contribution is -2.20. The highest BCUT2D eigenvalue weighted by Gasteiger charge is 2.21. The number of hydrogen-bond donors (Lipinski definition) is 3. The van der Waals surface area contributed by atoms with E-state index in [2.05, 4.69) is 24.9 Å². The van der Waals surface area contributed by atoms with Crippen molar-refractivity contribution in [2.45, 2.75) is 25.7 Å². The zero-order valence-corrected chi connectivity index (χ0v) is 20.1. The van der Waals surface area contributed by atoms with Gasteiger partial charge in [0.2, 0.25) is 0 Å². The Morgan fingerprint density at radius 2 is 2.15 bits per heavy atom. The molecule has 10 heteroatoms. The first-order valence-electron chi connectivity index (χ1n) is 11.7. The number of aliphatic imine (C=N–C) groups is 2. The number of rotatable bonds is 8. The van der Waals surface area contributed by atoms with Crippen LogP contribution in [0.15, 0.2) is 40.6 Å². The van der Waals surface area contributed by atoms with Crippen LogP contribution in [0.3, 0.4) is 0 Å². The molecule has 2 aliphatic heterocycles. The first kappa shape index (κ1) is 24.3. The highest BCUT2D eigenvalue weighted by atomic mass is 32.2. The average Bonchev–Trinajstić information content (AvgIpc) is 3.55. The van der Waals surface area contributed by atoms with E-state index in [1.165, 1.54) is 25.9 Å². The van der Waals surface area contributed by atoms with Crippen molar-refractivity contribution in [3.8, 4) is 0 Å². The van der Waals surface area contributed by atoms with E-state index in [4.69, 9.17) is 21.6 Å². The van der Waals surface area contributed by atoms with Crippen molar-refractivity contribution in [2.75, 3.05) is 39.4 Å². The molecule has 1 atom stereocenters. The zero-order valence-electron chi connectivity index (χ0n) is 19.3. The van der Waals surface area contributed by atoms with Gasteiger partial charge in [-0.1, -0.05) is 0 Å². The van der Waals surface area contributed by atoms with E-state index in [1.807, 2.05) is 18.3 Å². The van der Waals surface area contributed by atoms with Crippen molar-refractivity contribution >= 4 is 50.6 Å². The summed E-state index contributed by atoms with van der Waals surface area (Å²) < 4.78 is 5.34. The first-order chi connectivity index (χ1) is 16.6. The van der Waals surface area contributed by atoms with Crippen molar-refractivity contribution in [3.63, 3.8) is 0 Å². The predicted molar refractivity (Wildman–Crippen MR) is 141 cm³/mol. The van der Waals surface area contributed by atoms with E-state index in [1.54, 1.807) is 18.5 Å². The van der Waals surface area contributed by atoms with Gasteiger partial charge in [-0.05, 0) is 75.3 Å². The summed E-state index contributed by atoms with van der Waals surface area (Å²) in [6, 6.07) is 5.56. The van der Waals surface area contributed by atoms with Gasteiger partial charge in [-0.3, -0.25) is 15.4 Å². The molecule has 2 aromatic heterocycles. The Balaban J connectivity index is 1.40. The van der Waals surface area contributed by atoms with Crippen LogP contribution in [0.1, 0.15) is 31.2 Å². The van der Waals surface area contributed by atoms with Gasteiger partial charge in [-0.2, -0.15) is 0 Å². The standard InChI is InChI=1S/C24H32N8OS/c25-13-19(14-28-7-3-10-32-8-1-2-9-32)18-12-21-20(29-15-18)4-5-22(30-21)31-24(27)34-23(26)17-6-11-33-16-17/h4-5,12-15,17,26H,1-3,6-11,16,25H2,(H2,27,30,31). The number of nitrogens with two attached hydrogens (primary N) is 2. The molecular weight excluding hydrogens is 448 g/mol. The van der Waals surface area contributed by atoms with Crippen LogP contribution in [0, 0.1) is 11.3 Å². The lowest BCUT2D eigenvalue weighted by molar-refractivity contribution is 0.193. The van der Waals surface area contributed by atoms with Crippen LogP contribution in [-0.4, -0.2) is 70.7 Å². The molecule has 0 bridgehead atoms. The summed E-state index contributed by atoms with van der Waals surface area (Å²) in [4.78, 5) is 20.5. The third-order valence-electron chi connectivity index (χ3n) is 5.97. The third-order valence-corrected chi connectivity index (χ3v) is 6.82. The second-order valence-corrected chi connectivity index (χ2v) is 9.53. The van der Waals surface area contributed by atoms with E-state index in [0.29, 0.717) is 29.6 Å². The van der Waals surface area contributed by atoms with Gasteiger partial charge in [0.15, 0.2) is 11.0 Å². The summed E-state index contributed by atoms with van der Waals surface area (Å²) in [5.41, 5.74) is 15.0. The lowest BCUT2D eigenvalue weighted by atomic mass is 10.1. The van der Waals surface area contributed by atoms with Gasteiger partial charge in [0, 0.05) is 48.8 Å². The van der Waals surface area contributed by atoms with Gasteiger partial charge in [0.25, 0.3) is 0 Å². The molecule has 0 saturated carbocycles. The van der Waals surface area contributed by atoms with Crippen LogP contribution in [0.5, 0.6) is 0 Å². The number of nitrogens with zero attached hydrogens (tertiary/aromatic N) is 5. The predicted octanol–water partition coefficient (Wildman–Crippen LogP) is 3.18. The molecule has 0 radical (unpaired) electrons. The third kappa shape index (κ3) is 6.62. The molecule has 4 heterocycles. The SMILES string of the molecule is N=C(SC(N)=Nc1ccc2ncc(C(C=NCCCN3CCCC3)=CN)cc2n1)C1CCOC1. The normalized spacial score (nSPS) is 20.1. The Labute approximate surface area is 204 Å². The number of aromatic nitrogens is 2. The molecule has 2 saturated heterocycles. The molecule has 0 aliphatic carbocycles. The average molecular weight is 481 g/mol. The molecule has 5 N–H and O–H groups in total. The molecule has 34 heavy (non-hydrogen) atoms. The van der Waals surface area contributed by atoms with Gasteiger partial charge in [-0.15, -0.1) is 0 Å². The fraction of sp³-hybridized carbons (Fsp3) is 0.458. The molecular formula is C24H32N8OS. The summed E-state index contributed by atoms with van der Waals surface area (Å²) in [7, 11) is 0. The van der Waals surface area contributed by atoms with Crippen LogP contribution in [-0.2, 0) is 4.74 Å². The minimum absolute atomic E-state index is 0.0958. The largest absolute Gasteiger partial charge is 0.404 e. The van der Waals surface area contributed by atoms with E-state index in [0.717, 1.165) is 54.3 Å². The fourth-order valence-electron chi connectivity index (χ4n) is 4.06. The Hall–Kier alpha value is -2.82. The van der Waals surface area contributed by atoms with Crippen molar-refractivity contribution in [1.82, 2.24) is 14.9 Å². The first-order valence-corrected chi connectivity index (χ1v) is 12.5. The number of pyridine rings is 2. The van der Waals surface area contributed by atoms with E-state index < -0.39 is 0 Å². The molecule has 180 valence electrons. The molecule has 0 amide bonds. The van der Waals surface area contributed by atoms with Gasteiger partial charge < -0.3 is 21.1 Å². The highest BCUT2D eigenvalue weighted by molar-refractivity contribution is 8.26. The number of likely N-dealkylation sites (tertiary alicyclic amines) is 1. The minimum atomic E-state index is 0.0958. The Morgan fingerprint density at radius 1 is 1.29 bits per heavy atom. The minimum Gasteiger partial charge on any atom is -0.404 e. The number of nitrogens with one attached hydrogen (secondary N) is 1. The van der Waals surface area contributed by atoms with Crippen LogP contribution in [0.25, 0.3) is 16.6 Å². The summed E-state index contributed by atoms with van der Waals surface area (Å²) in [6.45, 7) is 5.54. The summed E-state index contributed by atoms with van der Waals surface area (Å²) in [5, 5.41) is 8.96.